The van der Waals surface area contributed by atoms with Gasteiger partial charge in [-0.3, -0.25) is 4.79 Å². The second-order valence-electron chi connectivity index (χ2n) is 6.00. The number of rotatable bonds is 4. The van der Waals surface area contributed by atoms with Crippen LogP contribution in [0.25, 0.3) is 5.69 Å². The summed E-state index contributed by atoms with van der Waals surface area (Å²) in [5.41, 5.74) is 1.11. The number of hydrogen-bond acceptors (Lipinski definition) is 3. The number of benzene rings is 1. The Balaban J connectivity index is 1.88. The van der Waals surface area contributed by atoms with E-state index in [9.17, 15) is 18.0 Å². The van der Waals surface area contributed by atoms with Crippen LogP contribution in [0.4, 0.5) is 13.2 Å². The van der Waals surface area contributed by atoms with Crippen LogP contribution >= 0.6 is 15.9 Å². The number of nitrogens with zero attached hydrogens (tertiary/aromatic N) is 2. The summed E-state index contributed by atoms with van der Waals surface area (Å²) in [7, 11) is 0. The number of nitrogens with one attached hydrogen (secondary N) is 1. The molecule has 1 amide bonds. The van der Waals surface area contributed by atoms with Crippen LogP contribution in [0.3, 0.4) is 0 Å². The van der Waals surface area contributed by atoms with Gasteiger partial charge in [0.15, 0.2) is 4.67 Å². The Morgan fingerprint density at radius 2 is 2.00 bits per heavy atom. The molecule has 3 aromatic rings. The van der Waals surface area contributed by atoms with Gasteiger partial charge in [0.25, 0.3) is 5.91 Å². The molecule has 0 atom stereocenters. The molecule has 0 bridgehead atoms. The number of alkyl halides is 3. The summed E-state index contributed by atoms with van der Waals surface area (Å²) in [4.78, 5) is 12.0. The van der Waals surface area contributed by atoms with E-state index >= 15 is 0 Å². The van der Waals surface area contributed by atoms with Crippen molar-refractivity contribution in [2.45, 2.75) is 26.6 Å². The fourth-order valence-corrected chi connectivity index (χ4v) is 3.05. The second-order valence-corrected chi connectivity index (χ2v) is 6.78. The number of amides is 1. The molecule has 0 radical (unpaired) electrons. The van der Waals surface area contributed by atoms with Crippen molar-refractivity contribution < 1.29 is 22.4 Å². The van der Waals surface area contributed by atoms with E-state index in [-0.39, 0.29) is 17.7 Å². The van der Waals surface area contributed by atoms with Gasteiger partial charge in [-0.25, -0.2) is 4.68 Å². The third-order valence-corrected chi connectivity index (χ3v) is 4.34. The first-order valence-electron chi connectivity index (χ1n) is 7.91. The van der Waals surface area contributed by atoms with Crippen LogP contribution in [0.2, 0.25) is 0 Å². The van der Waals surface area contributed by atoms with Gasteiger partial charge in [0.05, 0.1) is 22.5 Å². The molecule has 142 valence electrons. The number of halogens is 4. The van der Waals surface area contributed by atoms with Crippen molar-refractivity contribution in [2.24, 2.45) is 0 Å². The zero-order chi connectivity index (χ0) is 19.8. The van der Waals surface area contributed by atoms with E-state index in [1.165, 1.54) is 23.1 Å². The second kappa shape index (κ2) is 7.22. The zero-order valence-corrected chi connectivity index (χ0v) is 16.0. The number of hydrogen-bond donors (Lipinski definition) is 1. The van der Waals surface area contributed by atoms with Gasteiger partial charge in [-0.2, -0.15) is 18.3 Å². The van der Waals surface area contributed by atoms with Gasteiger partial charge in [-0.1, -0.05) is 6.07 Å². The fourth-order valence-electron chi connectivity index (χ4n) is 2.71. The highest BCUT2D eigenvalue weighted by Crippen LogP contribution is 2.33. The lowest BCUT2D eigenvalue weighted by Crippen LogP contribution is -2.24. The summed E-state index contributed by atoms with van der Waals surface area (Å²) >= 11 is 3.07. The predicted molar refractivity (Wildman–Crippen MR) is 95.6 cm³/mol. The first-order valence-corrected chi connectivity index (χ1v) is 8.70. The average Bonchev–Trinajstić information content (AvgIpc) is 3.17. The molecular weight excluding hydrogens is 427 g/mol. The van der Waals surface area contributed by atoms with Crippen molar-refractivity contribution in [3.63, 3.8) is 0 Å². The van der Waals surface area contributed by atoms with Crippen LogP contribution in [0.15, 0.2) is 45.7 Å². The number of aryl methyl sites for hydroxylation is 2. The zero-order valence-electron chi connectivity index (χ0n) is 14.4. The molecule has 2 heterocycles. The highest BCUT2D eigenvalue weighted by Gasteiger charge is 2.34. The van der Waals surface area contributed by atoms with Crippen molar-refractivity contribution in [1.29, 1.82) is 0 Å². The Kier molecular flexibility index (Phi) is 5.14. The van der Waals surface area contributed by atoms with E-state index in [0.717, 1.165) is 11.8 Å². The summed E-state index contributed by atoms with van der Waals surface area (Å²) in [6.45, 7) is 3.27. The number of carbonyl (C=O) groups excluding carboxylic acids is 1. The summed E-state index contributed by atoms with van der Waals surface area (Å²) < 4.78 is 47.4. The molecule has 3 rings (SSSR count). The maximum Gasteiger partial charge on any atom is 0.416 e. The average molecular weight is 442 g/mol. The van der Waals surface area contributed by atoms with Crippen LogP contribution in [-0.4, -0.2) is 15.7 Å². The summed E-state index contributed by atoms with van der Waals surface area (Å²) in [5.74, 6) is -0.528. The van der Waals surface area contributed by atoms with E-state index in [4.69, 9.17) is 4.42 Å². The van der Waals surface area contributed by atoms with Crippen LogP contribution in [-0.2, 0) is 12.7 Å². The number of carbonyl (C=O) groups is 1. The molecule has 27 heavy (non-hydrogen) atoms. The van der Waals surface area contributed by atoms with E-state index in [0.29, 0.717) is 16.1 Å². The first-order chi connectivity index (χ1) is 12.6. The van der Waals surface area contributed by atoms with Crippen molar-refractivity contribution in [3.8, 4) is 5.69 Å². The third-order valence-electron chi connectivity index (χ3n) is 3.92. The minimum Gasteiger partial charge on any atom is -0.457 e. The Morgan fingerprint density at radius 1 is 1.26 bits per heavy atom. The van der Waals surface area contributed by atoms with Gasteiger partial charge in [-0.05, 0) is 53.5 Å². The Morgan fingerprint density at radius 3 is 2.56 bits per heavy atom. The molecule has 0 fully saturated rings. The van der Waals surface area contributed by atoms with Crippen molar-refractivity contribution in [2.75, 3.05) is 0 Å². The standard InChI is InChI=1S/C18H15BrF3N3O2/c1-10-5-11(2)25(24-10)14-4-3-12(15(7-14)18(20,21)22)8-23-17(26)13-6-16(19)27-9-13/h3-7,9H,8H2,1-2H3,(H,23,26). The molecule has 1 N–H and O–H groups in total. The smallest absolute Gasteiger partial charge is 0.416 e. The number of furan rings is 1. The van der Waals surface area contributed by atoms with Gasteiger partial charge < -0.3 is 9.73 Å². The molecule has 0 aliphatic heterocycles. The molecule has 0 aliphatic carbocycles. The molecule has 0 aliphatic rings. The molecule has 0 unspecified atom stereocenters. The molecule has 2 aromatic heterocycles. The molecule has 0 spiro atoms. The minimum absolute atomic E-state index is 0.0382. The largest absolute Gasteiger partial charge is 0.457 e. The van der Waals surface area contributed by atoms with Crippen LogP contribution in [0.5, 0.6) is 0 Å². The van der Waals surface area contributed by atoms with Crippen LogP contribution < -0.4 is 5.32 Å². The maximum absolute atomic E-state index is 13.5. The first kappa shape index (κ1) is 19.2. The number of aromatic nitrogens is 2. The summed E-state index contributed by atoms with van der Waals surface area (Å²) in [6, 6.07) is 7.15. The van der Waals surface area contributed by atoms with Gasteiger partial charge in [-0.15, -0.1) is 0 Å². The highest BCUT2D eigenvalue weighted by molar-refractivity contribution is 9.10. The van der Waals surface area contributed by atoms with Gasteiger partial charge in [0.2, 0.25) is 0 Å². The molecule has 1 aromatic carbocycles. The third kappa shape index (κ3) is 4.24. The normalized spacial score (nSPS) is 11.6. The van der Waals surface area contributed by atoms with Crippen LogP contribution in [0.1, 0.15) is 32.9 Å². The summed E-state index contributed by atoms with van der Waals surface area (Å²) in [6.07, 6.45) is -3.35. The lowest BCUT2D eigenvalue weighted by Gasteiger charge is -2.15. The van der Waals surface area contributed by atoms with Crippen molar-refractivity contribution >= 4 is 21.8 Å². The topological polar surface area (TPSA) is 60.1 Å². The van der Waals surface area contributed by atoms with Crippen LogP contribution in [0, 0.1) is 13.8 Å². The predicted octanol–water partition coefficient (Wildman–Crippen LogP) is 4.79. The van der Waals surface area contributed by atoms with E-state index in [1.54, 1.807) is 26.0 Å². The van der Waals surface area contributed by atoms with Gasteiger partial charge >= 0.3 is 6.18 Å². The Hall–Kier alpha value is -2.55. The van der Waals surface area contributed by atoms with E-state index in [1.807, 2.05) is 0 Å². The molecule has 0 saturated carbocycles. The van der Waals surface area contributed by atoms with E-state index in [2.05, 4.69) is 26.3 Å². The Bertz CT molecular complexity index is 992. The van der Waals surface area contributed by atoms with Crippen molar-refractivity contribution in [3.05, 3.63) is 69.3 Å². The quantitative estimate of drug-likeness (QED) is 0.632. The summed E-state index contributed by atoms with van der Waals surface area (Å²) in [5, 5.41) is 6.69. The lowest BCUT2D eigenvalue weighted by atomic mass is 10.1. The lowest BCUT2D eigenvalue weighted by molar-refractivity contribution is -0.138. The minimum atomic E-state index is -4.56. The molecule has 5 nitrogen and oxygen atoms in total. The highest BCUT2D eigenvalue weighted by atomic mass is 79.9. The molecule has 0 saturated heterocycles. The van der Waals surface area contributed by atoms with E-state index < -0.39 is 17.6 Å². The SMILES string of the molecule is Cc1cc(C)n(-c2ccc(CNC(=O)c3coc(Br)c3)c(C(F)(F)F)c2)n1. The molecule has 9 heteroatoms. The monoisotopic (exact) mass is 441 g/mol. The van der Waals surface area contributed by atoms with Crippen molar-refractivity contribution in [1.82, 2.24) is 15.1 Å². The molecular formula is C18H15BrF3N3O2. The maximum atomic E-state index is 13.5. The van der Waals surface area contributed by atoms with Gasteiger partial charge in [0, 0.05) is 18.3 Å². The fraction of sp³-hybridized carbons (Fsp3) is 0.222. The Labute approximate surface area is 161 Å². The van der Waals surface area contributed by atoms with Gasteiger partial charge in [0.1, 0.15) is 6.26 Å².